The number of rotatable bonds is 6. The van der Waals surface area contributed by atoms with E-state index in [1.807, 2.05) is 0 Å². The predicted molar refractivity (Wildman–Crippen MR) is 76.6 cm³/mol. The Morgan fingerprint density at radius 1 is 1.29 bits per heavy atom. The summed E-state index contributed by atoms with van der Waals surface area (Å²) in [6.07, 6.45) is 1.13. The van der Waals surface area contributed by atoms with Crippen molar-refractivity contribution in [2.24, 2.45) is 11.7 Å². The van der Waals surface area contributed by atoms with Crippen molar-refractivity contribution in [1.29, 1.82) is 0 Å². The van der Waals surface area contributed by atoms with Crippen LogP contribution in [0.2, 0.25) is 0 Å². The van der Waals surface area contributed by atoms with Gasteiger partial charge in [0.25, 0.3) is 0 Å². The summed E-state index contributed by atoms with van der Waals surface area (Å²) in [5.41, 5.74) is 9.67. The maximum absolute atomic E-state index is 5.72. The van der Waals surface area contributed by atoms with Gasteiger partial charge in [-0.15, -0.1) is 0 Å². The molecular weight excluding hydrogens is 208 g/mol. The van der Waals surface area contributed by atoms with Crippen LogP contribution in [0.3, 0.4) is 0 Å². The van der Waals surface area contributed by atoms with Crippen molar-refractivity contribution in [1.82, 2.24) is 0 Å². The minimum atomic E-state index is 0.567. The second-order valence-electron chi connectivity index (χ2n) is 5.12. The van der Waals surface area contributed by atoms with Gasteiger partial charge in [-0.25, -0.2) is 0 Å². The van der Waals surface area contributed by atoms with Crippen molar-refractivity contribution in [2.75, 3.05) is 18.4 Å². The highest BCUT2D eigenvalue weighted by atomic mass is 14.9. The molecule has 0 aliphatic rings. The third kappa shape index (κ3) is 4.04. The maximum Gasteiger partial charge on any atom is 0.0372 e. The van der Waals surface area contributed by atoms with Crippen LogP contribution in [-0.2, 0) is 0 Å². The molecule has 0 saturated heterocycles. The number of hydrogen-bond acceptors (Lipinski definition) is 2. The van der Waals surface area contributed by atoms with E-state index in [9.17, 15) is 0 Å². The molecule has 1 rings (SSSR count). The summed E-state index contributed by atoms with van der Waals surface area (Å²) in [5, 5.41) is 3.53. The molecule has 0 radical (unpaired) electrons. The molecule has 0 heterocycles. The molecule has 1 unspecified atom stereocenters. The molecule has 1 atom stereocenters. The average Bonchev–Trinajstić information content (AvgIpc) is 2.32. The van der Waals surface area contributed by atoms with Gasteiger partial charge >= 0.3 is 0 Å². The van der Waals surface area contributed by atoms with E-state index in [2.05, 4.69) is 51.2 Å². The highest BCUT2D eigenvalue weighted by Crippen LogP contribution is 2.22. The number of aryl methyl sites for hydroxylation is 1. The van der Waals surface area contributed by atoms with Crippen LogP contribution in [0.1, 0.15) is 44.2 Å². The third-order valence-corrected chi connectivity index (χ3v) is 3.42. The van der Waals surface area contributed by atoms with E-state index in [1.54, 1.807) is 0 Å². The fourth-order valence-electron chi connectivity index (χ4n) is 1.84. The van der Waals surface area contributed by atoms with Crippen LogP contribution in [0.4, 0.5) is 5.69 Å². The summed E-state index contributed by atoms with van der Waals surface area (Å²) in [7, 11) is 0. The lowest BCUT2D eigenvalue weighted by Gasteiger charge is -2.17. The van der Waals surface area contributed by atoms with Crippen molar-refractivity contribution in [2.45, 2.75) is 40.0 Å². The highest BCUT2D eigenvalue weighted by molar-refractivity contribution is 5.53. The zero-order valence-electron chi connectivity index (χ0n) is 11.6. The van der Waals surface area contributed by atoms with Crippen LogP contribution < -0.4 is 11.1 Å². The first-order chi connectivity index (χ1) is 8.08. The van der Waals surface area contributed by atoms with Crippen molar-refractivity contribution in [3.8, 4) is 0 Å². The van der Waals surface area contributed by atoms with E-state index < -0.39 is 0 Å². The van der Waals surface area contributed by atoms with E-state index in [0.717, 1.165) is 19.5 Å². The Balaban J connectivity index is 2.72. The first-order valence-electron chi connectivity index (χ1n) is 6.63. The van der Waals surface area contributed by atoms with Gasteiger partial charge in [0.1, 0.15) is 0 Å². The number of hydrogen-bond donors (Lipinski definition) is 2. The van der Waals surface area contributed by atoms with Crippen molar-refractivity contribution < 1.29 is 0 Å². The van der Waals surface area contributed by atoms with E-state index in [4.69, 9.17) is 5.73 Å². The molecule has 0 amide bonds. The molecule has 0 saturated carbocycles. The summed E-state index contributed by atoms with van der Waals surface area (Å²) in [5.74, 6) is 1.14. The van der Waals surface area contributed by atoms with E-state index >= 15 is 0 Å². The van der Waals surface area contributed by atoms with Gasteiger partial charge < -0.3 is 11.1 Å². The molecular formula is C15H26N2. The van der Waals surface area contributed by atoms with Crippen molar-refractivity contribution in [3.63, 3.8) is 0 Å². The van der Waals surface area contributed by atoms with Gasteiger partial charge in [-0.3, -0.25) is 0 Å². The first kappa shape index (κ1) is 14.0. The van der Waals surface area contributed by atoms with Gasteiger partial charge in [-0.05, 0) is 42.5 Å². The lowest BCUT2D eigenvalue weighted by Crippen LogP contribution is -2.22. The van der Waals surface area contributed by atoms with Crippen LogP contribution >= 0.6 is 0 Å². The predicted octanol–water partition coefficient (Wildman–Crippen LogP) is 3.52. The standard InChI is InChI=1S/C15H26N2/c1-5-13(9-16)10-17-15-8-14(11(2)3)7-6-12(15)4/h6-8,11,13,17H,5,9-10,16H2,1-4H3. The smallest absolute Gasteiger partial charge is 0.0372 e. The molecule has 2 nitrogen and oxygen atoms in total. The summed E-state index contributed by atoms with van der Waals surface area (Å²) >= 11 is 0. The molecule has 2 heteroatoms. The fraction of sp³-hybridized carbons (Fsp3) is 0.600. The Hall–Kier alpha value is -1.02. The second kappa shape index (κ2) is 6.65. The summed E-state index contributed by atoms with van der Waals surface area (Å²) in [6, 6.07) is 6.68. The van der Waals surface area contributed by atoms with Crippen molar-refractivity contribution >= 4 is 5.69 Å². The number of nitrogens with one attached hydrogen (secondary N) is 1. The summed E-state index contributed by atoms with van der Waals surface area (Å²) < 4.78 is 0. The van der Waals surface area contributed by atoms with Gasteiger partial charge in [0, 0.05) is 12.2 Å². The van der Waals surface area contributed by atoms with Crippen molar-refractivity contribution in [3.05, 3.63) is 29.3 Å². The minimum absolute atomic E-state index is 0.567. The van der Waals surface area contributed by atoms with Gasteiger partial charge in [-0.1, -0.05) is 39.3 Å². The zero-order chi connectivity index (χ0) is 12.8. The van der Waals surface area contributed by atoms with Gasteiger partial charge in [0.2, 0.25) is 0 Å². The quantitative estimate of drug-likeness (QED) is 0.790. The lowest BCUT2D eigenvalue weighted by atomic mass is 10.00. The Morgan fingerprint density at radius 3 is 2.53 bits per heavy atom. The molecule has 17 heavy (non-hydrogen) atoms. The normalized spacial score (nSPS) is 12.8. The average molecular weight is 234 g/mol. The molecule has 0 fully saturated rings. The Kier molecular flexibility index (Phi) is 5.49. The molecule has 1 aromatic carbocycles. The molecule has 3 N–H and O–H groups in total. The molecule has 0 aromatic heterocycles. The number of benzene rings is 1. The largest absolute Gasteiger partial charge is 0.384 e. The monoisotopic (exact) mass is 234 g/mol. The first-order valence-corrected chi connectivity index (χ1v) is 6.63. The Morgan fingerprint density at radius 2 is 2.00 bits per heavy atom. The van der Waals surface area contributed by atoms with Crippen LogP contribution in [0.25, 0.3) is 0 Å². The Labute approximate surface area is 106 Å². The van der Waals surface area contributed by atoms with Gasteiger partial charge in [-0.2, -0.15) is 0 Å². The topological polar surface area (TPSA) is 38.0 Å². The third-order valence-electron chi connectivity index (χ3n) is 3.42. The van der Waals surface area contributed by atoms with Gasteiger partial charge in [0.05, 0.1) is 0 Å². The zero-order valence-corrected chi connectivity index (χ0v) is 11.6. The lowest BCUT2D eigenvalue weighted by molar-refractivity contribution is 0.548. The molecule has 0 aliphatic heterocycles. The fourth-order valence-corrected chi connectivity index (χ4v) is 1.84. The summed E-state index contributed by atoms with van der Waals surface area (Å²) in [6.45, 7) is 10.5. The SMILES string of the molecule is CCC(CN)CNc1cc(C(C)C)ccc1C. The van der Waals surface area contributed by atoms with E-state index in [-0.39, 0.29) is 0 Å². The van der Waals surface area contributed by atoms with Crippen LogP contribution in [0, 0.1) is 12.8 Å². The number of nitrogens with two attached hydrogens (primary N) is 1. The highest BCUT2D eigenvalue weighted by Gasteiger charge is 2.06. The maximum atomic E-state index is 5.72. The molecule has 96 valence electrons. The van der Waals surface area contributed by atoms with E-state index in [1.165, 1.54) is 16.8 Å². The molecule has 0 bridgehead atoms. The second-order valence-corrected chi connectivity index (χ2v) is 5.12. The molecule has 0 spiro atoms. The van der Waals surface area contributed by atoms with Gasteiger partial charge in [0.15, 0.2) is 0 Å². The van der Waals surface area contributed by atoms with Crippen LogP contribution in [-0.4, -0.2) is 13.1 Å². The minimum Gasteiger partial charge on any atom is -0.384 e. The van der Waals surface area contributed by atoms with Crippen LogP contribution in [0.15, 0.2) is 18.2 Å². The summed E-state index contributed by atoms with van der Waals surface area (Å²) in [4.78, 5) is 0. The molecule has 1 aromatic rings. The van der Waals surface area contributed by atoms with E-state index in [0.29, 0.717) is 11.8 Å². The number of anilines is 1. The van der Waals surface area contributed by atoms with Crippen LogP contribution in [0.5, 0.6) is 0 Å². The molecule has 0 aliphatic carbocycles. The Bertz CT molecular complexity index is 341.